The van der Waals surface area contributed by atoms with Gasteiger partial charge in [0.25, 0.3) is 0 Å². The lowest BCUT2D eigenvalue weighted by atomic mass is 9.73. The van der Waals surface area contributed by atoms with Gasteiger partial charge in [0.1, 0.15) is 12.4 Å². The van der Waals surface area contributed by atoms with Gasteiger partial charge >= 0.3 is 5.97 Å². The van der Waals surface area contributed by atoms with E-state index in [2.05, 4.69) is 5.32 Å². The van der Waals surface area contributed by atoms with Crippen molar-refractivity contribution in [3.05, 3.63) is 74.8 Å². The molecule has 32 heavy (non-hydrogen) atoms. The minimum atomic E-state index is -0.417. The van der Waals surface area contributed by atoms with Gasteiger partial charge in [-0.15, -0.1) is 11.3 Å². The number of methoxy groups -OCH3 is 2. The number of allylic oxidation sites excluding steroid dienone is 3. The summed E-state index contributed by atoms with van der Waals surface area (Å²) in [5.74, 6) is 0.0511. The fourth-order valence-electron chi connectivity index (χ4n) is 4.48. The zero-order valence-corrected chi connectivity index (χ0v) is 19.3. The number of nitrogens with one attached hydrogen (secondary N) is 1. The van der Waals surface area contributed by atoms with E-state index in [1.54, 1.807) is 25.6 Å². The summed E-state index contributed by atoms with van der Waals surface area (Å²) in [6.45, 7) is 2.36. The number of thiophene rings is 1. The molecule has 2 heterocycles. The zero-order valence-electron chi connectivity index (χ0n) is 18.5. The van der Waals surface area contributed by atoms with Gasteiger partial charge in [-0.1, -0.05) is 18.2 Å². The van der Waals surface area contributed by atoms with Crippen LogP contribution in [0.15, 0.2) is 64.3 Å². The topological polar surface area (TPSA) is 73.9 Å². The van der Waals surface area contributed by atoms with E-state index in [0.29, 0.717) is 30.6 Å². The number of benzene rings is 1. The molecule has 0 unspecified atom stereocenters. The first-order valence-electron chi connectivity index (χ1n) is 10.6. The second-order valence-electron chi connectivity index (χ2n) is 7.94. The van der Waals surface area contributed by atoms with Crippen molar-refractivity contribution in [1.29, 1.82) is 0 Å². The highest BCUT2D eigenvalue weighted by Crippen LogP contribution is 2.46. The first kappa shape index (κ1) is 22.3. The standard InChI is InChI=1S/C25H27NO5S/c1-15-22(25(28)31-10-9-29-2)24(21-8-5-11-32-21)23-19(26-15)13-17(14-20(23)27)16-6-4-7-18(12-16)30-3/h4-8,11-12,17,24,26H,9-10,13-14H2,1-3H3/t17-,24+/m1/s1. The van der Waals surface area contributed by atoms with Crippen LogP contribution in [0.1, 0.15) is 42.0 Å². The fourth-order valence-corrected chi connectivity index (χ4v) is 5.32. The Hall–Kier alpha value is -2.90. The highest BCUT2D eigenvalue weighted by Gasteiger charge is 2.41. The number of dihydropyridines is 1. The van der Waals surface area contributed by atoms with Gasteiger partial charge < -0.3 is 19.5 Å². The molecular weight excluding hydrogens is 426 g/mol. The lowest BCUT2D eigenvalue weighted by Gasteiger charge is -2.36. The summed E-state index contributed by atoms with van der Waals surface area (Å²) in [6.07, 6.45) is 1.08. The molecule has 0 saturated heterocycles. The van der Waals surface area contributed by atoms with Gasteiger partial charge in [-0.2, -0.15) is 0 Å². The maximum Gasteiger partial charge on any atom is 0.336 e. The first-order valence-corrected chi connectivity index (χ1v) is 11.5. The average Bonchev–Trinajstić information content (AvgIpc) is 3.32. The van der Waals surface area contributed by atoms with Crippen molar-refractivity contribution in [2.45, 2.75) is 31.6 Å². The van der Waals surface area contributed by atoms with Gasteiger partial charge in [0.2, 0.25) is 0 Å². The normalized spacial score (nSPS) is 20.7. The second-order valence-corrected chi connectivity index (χ2v) is 8.92. The zero-order chi connectivity index (χ0) is 22.7. The van der Waals surface area contributed by atoms with Gasteiger partial charge in [0.15, 0.2) is 5.78 Å². The molecule has 0 saturated carbocycles. The van der Waals surface area contributed by atoms with Crippen molar-refractivity contribution in [3.63, 3.8) is 0 Å². The van der Waals surface area contributed by atoms with E-state index in [9.17, 15) is 9.59 Å². The molecular formula is C25H27NO5S. The predicted molar refractivity (Wildman–Crippen MR) is 123 cm³/mol. The molecule has 4 rings (SSSR count). The van der Waals surface area contributed by atoms with Crippen molar-refractivity contribution in [3.8, 4) is 5.75 Å². The molecule has 7 heteroatoms. The minimum absolute atomic E-state index is 0.0517. The Kier molecular flexibility index (Phi) is 6.77. The lowest BCUT2D eigenvalue weighted by Crippen LogP contribution is -2.36. The summed E-state index contributed by atoms with van der Waals surface area (Å²) < 4.78 is 15.8. The van der Waals surface area contributed by atoms with E-state index in [1.165, 1.54) is 0 Å². The smallest absolute Gasteiger partial charge is 0.336 e. The largest absolute Gasteiger partial charge is 0.497 e. The molecule has 6 nitrogen and oxygen atoms in total. The van der Waals surface area contributed by atoms with Crippen LogP contribution in [0, 0.1) is 0 Å². The molecule has 0 radical (unpaired) electrons. The SMILES string of the molecule is COCCOC(=O)C1=C(C)NC2=C(C(=O)C[C@H](c3cccc(OC)c3)C2)[C@H]1c1cccs1. The van der Waals surface area contributed by atoms with E-state index in [0.717, 1.165) is 27.6 Å². The minimum Gasteiger partial charge on any atom is -0.497 e. The molecule has 1 aromatic carbocycles. The monoisotopic (exact) mass is 453 g/mol. The Morgan fingerprint density at radius 3 is 2.72 bits per heavy atom. The van der Waals surface area contributed by atoms with Gasteiger partial charge in [0.05, 0.1) is 25.2 Å². The number of carbonyl (C=O) groups excluding carboxylic acids is 2. The van der Waals surface area contributed by atoms with E-state index in [1.807, 2.05) is 48.7 Å². The highest BCUT2D eigenvalue weighted by molar-refractivity contribution is 7.10. The van der Waals surface area contributed by atoms with Crippen LogP contribution in [0.5, 0.6) is 5.75 Å². The third-order valence-electron chi connectivity index (χ3n) is 5.96. The Morgan fingerprint density at radius 1 is 1.16 bits per heavy atom. The summed E-state index contributed by atoms with van der Waals surface area (Å²) >= 11 is 1.54. The summed E-state index contributed by atoms with van der Waals surface area (Å²) in [5.41, 5.74) is 3.86. The van der Waals surface area contributed by atoms with Crippen LogP contribution in [0.25, 0.3) is 0 Å². The van der Waals surface area contributed by atoms with Crippen LogP contribution in [0.2, 0.25) is 0 Å². The Bertz CT molecular complexity index is 1070. The Morgan fingerprint density at radius 2 is 2.00 bits per heavy atom. The molecule has 0 fully saturated rings. The third-order valence-corrected chi connectivity index (χ3v) is 6.90. The van der Waals surface area contributed by atoms with E-state index in [-0.39, 0.29) is 18.3 Å². The quantitative estimate of drug-likeness (QED) is 0.498. The Labute approximate surface area is 191 Å². The molecule has 2 aliphatic rings. The van der Waals surface area contributed by atoms with Gasteiger partial charge in [-0.05, 0) is 48.4 Å². The van der Waals surface area contributed by atoms with Crippen LogP contribution < -0.4 is 10.1 Å². The predicted octanol–water partition coefficient (Wildman–Crippen LogP) is 4.31. The number of rotatable bonds is 7. The van der Waals surface area contributed by atoms with Gasteiger partial charge in [-0.25, -0.2) is 4.79 Å². The maximum absolute atomic E-state index is 13.5. The fraction of sp³-hybridized carbons (Fsp3) is 0.360. The third kappa shape index (κ3) is 4.36. The number of hydrogen-bond acceptors (Lipinski definition) is 7. The van der Waals surface area contributed by atoms with Crippen molar-refractivity contribution in [2.24, 2.45) is 0 Å². The first-order chi connectivity index (χ1) is 15.5. The lowest BCUT2D eigenvalue weighted by molar-refractivity contribution is -0.140. The molecule has 0 amide bonds. The number of carbonyl (C=O) groups is 2. The molecule has 1 aliphatic heterocycles. The van der Waals surface area contributed by atoms with Crippen molar-refractivity contribution >= 4 is 23.1 Å². The van der Waals surface area contributed by atoms with Gasteiger partial charge in [-0.3, -0.25) is 4.79 Å². The molecule has 0 bridgehead atoms. The molecule has 168 valence electrons. The molecule has 1 aliphatic carbocycles. The highest BCUT2D eigenvalue weighted by atomic mass is 32.1. The number of ketones is 1. The molecule has 2 atom stereocenters. The van der Waals surface area contributed by atoms with Gasteiger partial charge in [0, 0.05) is 35.4 Å². The van der Waals surface area contributed by atoms with Crippen molar-refractivity contribution in [2.75, 3.05) is 27.4 Å². The Balaban J connectivity index is 1.69. The molecule has 0 spiro atoms. The molecule has 1 aromatic heterocycles. The van der Waals surface area contributed by atoms with E-state index < -0.39 is 11.9 Å². The van der Waals surface area contributed by atoms with E-state index in [4.69, 9.17) is 14.2 Å². The van der Waals surface area contributed by atoms with E-state index >= 15 is 0 Å². The number of ether oxygens (including phenoxy) is 3. The molecule has 1 N–H and O–H groups in total. The van der Waals surface area contributed by atoms with Crippen molar-refractivity contribution in [1.82, 2.24) is 5.32 Å². The number of Topliss-reactive ketones (excluding diaryl/α,β-unsaturated/α-hetero) is 1. The van der Waals surface area contributed by atoms with Crippen LogP contribution >= 0.6 is 11.3 Å². The number of hydrogen-bond donors (Lipinski definition) is 1. The van der Waals surface area contributed by atoms with Crippen LogP contribution in [0.4, 0.5) is 0 Å². The average molecular weight is 454 g/mol. The maximum atomic E-state index is 13.5. The number of esters is 1. The van der Waals surface area contributed by atoms with Crippen LogP contribution in [-0.4, -0.2) is 39.2 Å². The van der Waals surface area contributed by atoms with Crippen LogP contribution in [0.3, 0.4) is 0 Å². The summed E-state index contributed by atoms with van der Waals surface area (Å²) in [5, 5.41) is 5.34. The van der Waals surface area contributed by atoms with Crippen molar-refractivity contribution < 1.29 is 23.8 Å². The molecule has 2 aromatic rings. The second kappa shape index (κ2) is 9.71. The summed E-state index contributed by atoms with van der Waals surface area (Å²) in [6, 6.07) is 11.8. The van der Waals surface area contributed by atoms with Crippen LogP contribution in [-0.2, 0) is 19.1 Å². The summed E-state index contributed by atoms with van der Waals surface area (Å²) in [7, 11) is 3.20. The summed E-state index contributed by atoms with van der Waals surface area (Å²) in [4.78, 5) is 27.5.